The van der Waals surface area contributed by atoms with Gasteiger partial charge >= 0.3 is 0 Å². The van der Waals surface area contributed by atoms with E-state index in [0.717, 1.165) is 27.3 Å². The van der Waals surface area contributed by atoms with Gasteiger partial charge in [-0.1, -0.05) is 64.4 Å². The summed E-state index contributed by atoms with van der Waals surface area (Å²) >= 11 is 1.57. The van der Waals surface area contributed by atoms with Gasteiger partial charge in [0, 0.05) is 25.8 Å². The highest BCUT2D eigenvalue weighted by Gasteiger charge is 2.44. The van der Waals surface area contributed by atoms with E-state index in [0.29, 0.717) is 37.7 Å². The molecule has 1 fully saturated rings. The number of primary amides is 1. The summed E-state index contributed by atoms with van der Waals surface area (Å²) < 4.78 is 21.0. The van der Waals surface area contributed by atoms with Crippen LogP contribution in [0.4, 0.5) is 4.39 Å². The molecule has 0 radical (unpaired) electrons. The molecule has 1 unspecified atom stereocenters. The van der Waals surface area contributed by atoms with E-state index in [1.807, 2.05) is 78.2 Å². The number of hydrogen-bond acceptors (Lipinski definition) is 8. The molecule has 0 aliphatic carbocycles. The van der Waals surface area contributed by atoms with Crippen LogP contribution in [0.3, 0.4) is 0 Å². The minimum atomic E-state index is -0.918. The van der Waals surface area contributed by atoms with E-state index in [9.17, 15) is 24.3 Å². The molecule has 4 amide bonds. The van der Waals surface area contributed by atoms with Crippen LogP contribution >= 0.6 is 11.3 Å². The standard InChI is InChI=1S/C42H58FN5O6S/c1-25(13-18-35(44)50)23-54-34-20-26(2)19-31(37(34)43)11-9-8-10-12-36(51)47-39(42(5,6)7)41(53)48-22-32(49)21-33(48)40(52)46-27(3)29-14-16-30(17-15-29)38-28(4)45-24-55-38/h14-17,19-20,24-25,27,32-33,39,49H,8-13,18,21-23H2,1-7H3,(H2,44,50)(H,46,52)(H,47,51)/t25-,27-,32?,33-,39+/m0/s1. The fraction of sp³-hybridized carbons (Fsp3) is 0.548. The number of aromatic nitrogens is 1. The number of nitrogens with two attached hydrogens (primary N) is 1. The molecule has 2 aromatic carbocycles. The van der Waals surface area contributed by atoms with Crippen molar-refractivity contribution < 1.29 is 33.4 Å². The molecular weight excluding hydrogens is 722 g/mol. The number of unbranched alkanes of at least 4 members (excludes halogenated alkanes) is 2. The van der Waals surface area contributed by atoms with E-state index < -0.39 is 35.3 Å². The molecule has 55 heavy (non-hydrogen) atoms. The number of halogens is 1. The van der Waals surface area contributed by atoms with Crippen molar-refractivity contribution in [2.45, 2.75) is 124 Å². The van der Waals surface area contributed by atoms with Crippen LogP contribution in [0.25, 0.3) is 10.4 Å². The zero-order chi connectivity index (χ0) is 40.4. The maximum Gasteiger partial charge on any atom is 0.246 e. The summed E-state index contributed by atoms with van der Waals surface area (Å²) in [4.78, 5) is 58.7. The second kappa shape index (κ2) is 19.5. The number of carbonyl (C=O) groups is 4. The van der Waals surface area contributed by atoms with Gasteiger partial charge in [-0.25, -0.2) is 9.37 Å². The van der Waals surface area contributed by atoms with Gasteiger partial charge in [-0.3, -0.25) is 19.2 Å². The van der Waals surface area contributed by atoms with Crippen LogP contribution in [0.2, 0.25) is 0 Å². The number of benzene rings is 2. The largest absolute Gasteiger partial charge is 0.490 e. The number of hydrogen-bond donors (Lipinski definition) is 4. The molecule has 1 aromatic heterocycles. The molecule has 0 saturated carbocycles. The van der Waals surface area contributed by atoms with Gasteiger partial charge in [-0.15, -0.1) is 11.3 Å². The highest BCUT2D eigenvalue weighted by atomic mass is 32.1. The van der Waals surface area contributed by atoms with Crippen molar-refractivity contribution >= 4 is 35.0 Å². The van der Waals surface area contributed by atoms with Gasteiger partial charge in [0.15, 0.2) is 11.6 Å². The first-order valence-electron chi connectivity index (χ1n) is 19.2. The van der Waals surface area contributed by atoms with Gasteiger partial charge in [0.1, 0.15) is 12.1 Å². The van der Waals surface area contributed by atoms with E-state index >= 15 is 4.39 Å². The van der Waals surface area contributed by atoms with Crippen LogP contribution in [0.5, 0.6) is 5.75 Å². The maximum atomic E-state index is 15.3. The Labute approximate surface area is 328 Å². The van der Waals surface area contributed by atoms with Crippen molar-refractivity contribution in [1.29, 1.82) is 0 Å². The first-order valence-corrected chi connectivity index (χ1v) is 20.1. The molecule has 13 heteroatoms. The topological polar surface area (TPSA) is 164 Å². The summed E-state index contributed by atoms with van der Waals surface area (Å²) in [7, 11) is 0. The molecule has 2 heterocycles. The number of aryl methyl sites for hydroxylation is 3. The average molecular weight is 780 g/mol. The monoisotopic (exact) mass is 779 g/mol. The molecule has 11 nitrogen and oxygen atoms in total. The Bertz CT molecular complexity index is 1790. The predicted molar refractivity (Wildman–Crippen MR) is 213 cm³/mol. The van der Waals surface area contributed by atoms with Gasteiger partial charge in [0.25, 0.3) is 0 Å². The lowest BCUT2D eigenvalue weighted by atomic mass is 9.85. The van der Waals surface area contributed by atoms with Gasteiger partial charge in [0.05, 0.1) is 34.8 Å². The molecular formula is C42H58FN5O6S. The SMILES string of the molecule is Cc1cc(CCCCCC(=O)N[C@H](C(=O)N2CC(O)C[C@H]2C(=O)N[C@@H](C)c2ccc(-c3scnc3C)cc2)C(C)(C)C)c(F)c(OC[C@@H](C)CCC(N)=O)c1. The number of nitrogens with one attached hydrogen (secondary N) is 2. The zero-order valence-corrected chi connectivity index (χ0v) is 34.1. The third-order valence-corrected chi connectivity index (χ3v) is 11.1. The Morgan fingerprint density at radius 3 is 2.40 bits per heavy atom. The minimum Gasteiger partial charge on any atom is -0.490 e. The van der Waals surface area contributed by atoms with E-state index in [1.165, 1.54) is 4.90 Å². The molecule has 1 saturated heterocycles. The molecule has 5 N–H and O–H groups in total. The fourth-order valence-corrected chi connectivity index (χ4v) is 7.64. The number of amides is 4. The van der Waals surface area contributed by atoms with Crippen molar-refractivity contribution in [3.63, 3.8) is 0 Å². The van der Waals surface area contributed by atoms with Crippen LogP contribution in [-0.2, 0) is 25.6 Å². The number of ether oxygens (including phenoxy) is 1. The van der Waals surface area contributed by atoms with Crippen molar-refractivity contribution in [3.8, 4) is 16.2 Å². The van der Waals surface area contributed by atoms with Gasteiger partial charge in [0.2, 0.25) is 23.6 Å². The number of rotatable bonds is 18. The lowest BCUT2D eigenvalue weighted by Gasteiger charge is -2.35. The summed E-state index contributed by atoms with van der Waals surface area (Å²) in [5, 5.41) is 16.5. The summed E-state index contributed by atoms with van der Waals surface area (Å²) in [6, 6.07) is 9.25. The number of aliphatic hydroxyl groups excluding tert-OH is 1. The number of nitrogens with zero attached hydrogens (tertiary/aromatic N) is 2. The Morgan fingerprint density at radius 2 is 1.76 bits per heavy atom. The first kappa shape index (κ1) is 43.4. The summed E-state index contributed by atoms with van der Waals surface area (Å²) in [6.45, 7) is 13.5. The summed E-state index contributed by atoms with van der Waals surface area (Å²) in [5.41, 5.74) is 10.7. The Kier molecular flexibility index (Phi) is 15.4. The van der Waals surface area contributed by atoms with E-state index in [4.69, 9.17) is 10.5 Å². The quantitative estimate of drug-likeness (QED) is 0.110. The van der Waals surface area contributed by atoms with Crippen molar-refractivity contribution in [2.75, 3.05) is 13.2 Å². The number of aliphatic hydroxyl groups is 1. The lowest BCUT2D eigenvalue weighted by Crippen LogP contribution is -2.57. The molecule has 1 aliphatic rings. The molecule has 4 rings (SSSR count). The second-order valence-corrected chi connectivity index (χ2v) is 17.0. The maximum absolute atomic E-state index is 15.3. The molecule has 3 aromatic rings. The summed E-state index contributed by atoms with van der Waals surface area (Å²) in [5.74, 6) is -1.61. The minimum absolute atomic E-state index is 0.00670. The van der Waals surface area contributed by atoms with E-state index in [1.54, 1.807) is 23.5 Å². The van der Waals surface area contributed by atoms with Crippen molar-refractivity contribution in [3.05, 3.63) is 70.1 Å². The molecule has 0 bridgehead atoms. The van der Waals surface area contributed by atoms with Crippen LogP contribution in [0.15, 0.2) is 41.9 Å². The summed E-state index contributed by atoms with van der Waals surface area (Å²) in [6.07, 6.45) is 2.57. The van der Waals surface area contributed by atoms with Crippen LogP contribution in [0, 0.1) is 31.0 Å². The van der Waals surface area contributed by atoms with Crippen LogP contribution < -0.4 is 21.1 Å². The number of likely N-dealkylation sites (tertiary alicyclic amines) is 1. The first-order chi connectivity index (χ1) is 25.9. The van der Waals surface area contributed by atoms with Crippen LogP contribution in [0.1, 0.15) is 108 Å². The normalized spacial score (nSPS) is 17.4. The third kappa shape index (κ3) is 12.3. The third-order valence-electron chi connectivity index (χ3n) is 10.1. The predicted octanol–water partition coefficient (Wildman–Crippen LogP) is 6.32. The second-order valence-electron chi connectivity index (χ2n) is 16.1. The van der Waals surface area contributed by atoms with E-state index in [2.05, 4.69) is 15.6 Å². The van der Waals surface area contributed by atoms with Gasteiger partial charge < -0.3 is 31.1 Å². The van der Waals surface area contributed by atoms with Crippen molar-refractivity contribution in [2.24, 2.45) is 17.1 Å². The number of thiazole rings is 1. The Hall–Kier alpha value is -4.36. The zero-order valence-electron chi connectivity index (χ0n) is 33.2. The Balaban J connectivity index is 1.29. The highest BCUT2D eigenvalue weighted by molar-refractivity contribution is 7.13. The molecule has 300 valence electrons. The smallest absolute Gasteiger partial charge is 0.246 e. The van der Waals surface area contributed by atoms with Crippen LogP contribution in [-0.4, -0.2) is 70.0 Å². The molecule has 1 aliphatic heterocycles. The fourth-order valence-electron chi connectivity index (χ4n) is 6.83. The average Bonchev–Trinajstić information content (AvgIpc) is 3.74. The number of carbonyl (C=O) groups excluding carboxylic acids is 4. The lowest BCUT2D eigenvalue weighted by molar-refractivity contribution is -0.144. The van der Waals surface area contributed by atoms with Crippen molar-refractivity contribution in [1.82, 2.24) is 20.5 Å². The van der Waals surface area contributed by atoms with E-state index in [-0.39, 0.29) is 67.8 Å². The molecule has 5 atom stereocenters. The van der Waals surface area contributed by atoms with Gasteiger partial charge in [-0.2, -0.15) is 0 Å². The Morgan fingerprint density at radius 1 is 1.05 bits per heavy atom. The highest BCUT2D eigenvalue weighted by Crippen LogP contribution is 2.30. The molecule has 0 spiro atoms. The number of β-amino-alcohol motifs (C(OH)–C–C–N with tert-alkyl or cyclic N) is 1. The van der Waals surface area contributed by atoms with Gasteiger partial charge in [-0.05, 0) is 86.1 Å².